The Kier molecular flexibility index (Phi) is 4.58. The topological polar surface area (TPSA) is 78.7 Å². The fraction of sp³-hybridized carbons (Fsp3) is 0.500. The van der Waals surface area contributed by atoms with E-state index in [1.165, 1.54) is 0 Å². The van der Waals surface area contributed by atoms with Crippen LogP contribution in [0.5, 0.6) is 0 Å². The molecule has 0 aliphatic rings. The minimum absolute atomic E-state index is 0.267. The molecule has 0 radical (unpaired) electrons. The number of nitriles is 1. The third-order valence-electron chi connectivity index (χ3n) is 2.27. The molecule has 17 heavy (non-hydrogen) atoms. The number of aromatic nitrogens is 2. The van der Waals surface area contributed by atoms with Crippen LogP contribution in [0.1, 0.15) is 31.2 Å². The maximum absolute atomic E-state index is 11.7. The Hall–Kier alpha value is -1.96. The first-order chi connectivity index (χ1) is 8.06. The van der Waals surface area contributed by atoms with Crippen molar-refractivity contribution in [3.05, 3.63) is 17.5 Å². The fourth-order valence-electron chi connectivity index (χ4n) is 1.52. The van der Waals surface area contributed by atoms with Crippen molar-refractivity contribution < 1.29 is 4.79 Å². The van der Waals surface area contributed by atoms with Crippen molar-refractivity contribution >= 4 is 11.9 Å². The van der Waals surface area contributed by atoms with Gasteiger partial charge >= 0.3 is 0 Å². The van der Waals surface area contributed by atoms with E-state index in [9.17, 15) is 4.79 Å². The van der Waals surface area contributed by atoms with Gasteiger partial charge < -0.3 is 0 Å². The van der Waals surface area contributed by atoms with Gasteiger partial charge in [0.2, 0.25) is 11.9 Å². The van der Waals surface area contributed by atoms with Crippen LogP contribution in [0.3, 0.4) is 0 Å². The van der Waals surface area contributed by atoms with E-state index in [1.807, 2.05) is 32.9 Å². The van der Waals surface area contributed by atoms with Crippen LogP contribution in [-0.2, 0) is 4.79 Å². The molecule has 0 bridgehead atoms. The van der Waals surface area contributed by atoms with E-state index in [0.717, 1.165) is 17.8 Å². The lowest BCUT2D eigenvalue weighted by Gasteiger charge is -2.08. The molecule has 1 atom stereocenters. The summed E-state index contributed by atoms with van der Waals surface area (Å²) >= 11 is 0. The number of hydrogen-bond acceptors (Lipinski definition) is 4. The van der Waals surface area contributed by atoms with E-state index in [1.54, 1.807) is 0 Å². The molecule has 1 unspecified atom stereocenters. The molecule has 0 aliphatic carbocycles. The SMILES string of the molecule is CCCC(C#N)C(=O)Nc1nc(C)cc(C)n1. The van der Waals surface area contributed by atoms with Gasteiger partial charge in [0, 0.05) is 11.4 Å². The zero-order chi connectivity index (χ0) is 12.8. The normalized spacial score (nSPS) is 11.6. The Morgan fingerprint density at radius 3 is 2.53 bits per heavy atom. The highest BCUT2D eigenvalue weighted by molar-refractivity contribution is 5.92. The van der Waals surface area contributed by atoms with E-state index in [-0.39, 0.29) is 11.9 Å². The molecule has 5 heteroatoms. The average molecular weight is 232 g/mol. The fourth-order valence-corrected chi connectivity index (χ4v) is 1.52. The summed E-state index contributed by atoms with van der Waals surface area (Å²) in [7, 11) is 0. The molecule has 90 valence electrons. The minimum Gasteiger partial charge on any atom is -0.293 e. The Morgan fingerprint density at radius 1 is 1.47 bits per heavy atom. The number of carbonyl (C=O) groups is 1. The minimum atomic E-state index is -0.635. The first kappa shape index (κ1) is 13.1. The molecule has 1 aromatic heterocycles. The van der Waals surface area contributed by atoms with Gasteiger partial charge in [-0.15, -0.1) is 0 Å². The largest absolute Gasteiger partial charge is 0.293 e. The maximum atomic E-state index is 11.7. The highest BCUT2D eigenvalue weighted by atomic mass is 16.2. The molecule has 1 heterocycles. The molecule has 1 N–H and O–H groups in total. The zero-order valence-corrected chi connectivity index (χ0v) is 10.3. The van der Waals surface area contributed by atoms with Crippen LogP contribution >= 0.6 is 0 Å². The Labute approximate surface area is 101 Å². The number of hydrogen-bond donors (Lipinski definition) is 1. The van der Waals surface area contributed by atoms with Crippen LogP contribution in [0.4, 0.5) is 5.95 Å². The third-order valence-corrected chi connectivity index (χ3v) is 2.27. The first-order valence-electron chi connectivity index (χ1n) is 5.59. The number of anilines is 1. The summed E-state index contributed by atoms with van der Waals surface area (Å²) in [5.74, 6) is -0.701. The van der Waals surface area contributed by atoms with Crippen LogP contribution < -0.4 is 5.32 Å². The maximum Gasteiger partial charge on any atom is 0.244 e. The number of nitrogens with one attached hydrogen (secondary N) is 1. The molecular formula is C12H16N4O. The molecule has 1 aromatic rings. The Bertz CT molecular complexity index is 430. The third kappa shape index (κ3) is 3.83. The van der Waals surface area contributed by atoms with E-state index >= 15 is 0 Å². The van der Waals surface area contributed by atoms with Crippen molar-refractivity contribution in [1.29, 1.82) is 5.26 Å². The number of amides is 1. The van der Waals surface area contributed by atoms with Gasteiger partial charge in [0.1, 0.15) is 5.92 Å². The lowest BCUT2D eigenvalue weighted by Crippen LogP contribution is -2.23. The van der Waals surface area contributed by atoms with E-state index in [4.69, 9.17) is 5.26 Å². The second kappa shape index (κ2) is 5.94. The summed E-state index contributed by atoms with van der Waals surface area (Å²) < 4.78 is 0. The average Bonchev–Trinajstić information content (AvgIpc) is 2.24. The van der Waals surface area contributed by atoms with Gasteiger partial charge in [-0.1, -0.05) is 13.3 Å². The standard InChI is InChI=1S/C12H16N4O/c1-4-5-10(7-13)11(17)16-12-14-8(2)6-9(3)15-12/h6,10H,4-5H2,1-3H3,(H,14,15,16,17). The lowest BCUT2D eigenvalue weighted by molar-refractivity contribution is -0.118. The van der Waals surface area contributed by atoms with Gasteiger partial charge in [-0.3, -0.25) is 10.1 Å². The van der Waals surface area contributed by atoms with Gasteiger partial charge in [-0.05, 0) is 26.3 Å². The van der Waals surface area contributed by atoms with Gasteiger partial charge in [0.05, 0.1) is 6.07 Å². The van der Waals surface area contributed by atoms with Crippen molar-refractivity contribution in [3.8, 4) is 6.07 Å². The molecule has 0 saturated carbocycles. The molecule has 5 nitrogen and oxygen atoms in total. The lowest BCUT2D eigenvalue weighted by atomic mass is 10.1. The zero-order valence-electron chi connectivity index (χ0n) is 10.3. The molecular weight excluding hydrogens is 216 g/mol. The molecule has 0 spiro atoms. The highest BCUT2D eigenvalue weighted by Gasteiger charge is 2.17. The van der Waals surface area contributed by atoms with Crippen molar-refractivity contribution in [2.24, 2.45) is 5.92 Å². The first-order valence-corrected chi connectivity index (χ1v) is 5.59. The predicted molar refractivity (Wildman–Crippen MR) is 64.1 cm³/mol. The summed E-state index contributed by atoms with van der Waals surface area (Å²) in [5.41, 5.74) is 1.58. The van der Waals surface area contributed by atoms with E-state index < -0.39 is 5.92 Å². The van der Waals surface area contributed by atoms with Crippen LogP contribution in [-0.4, -0.2) is 15.9 Å². The van der Waals surface area contributed by atoms with Crippen molar-refractivity contribution in [2.45, 2.75) is 33.6 Å². The van der Waals surface area contributed by atoms with Crippen LogP contribution in [0.25, 0.3) is 0 Å². The molecule has 1 amide bonds. The second-order valence-corrected chi connectivity index (χ2v) is 3.93. The Balaban J connectivity index is 2.77. The van der Waals surface area contributed by atoms with Gasteiger partial charge in [-0.25, -0.2) is 9.97 Å². The van der Waals surface area contributed by atoms with Gasteiger partial charge in [0.15, 0.2) is 0 Å². The molecule has 0 aliphatic heterocycles. The van der Waals surface area contributed by atoms with Crippen LogP contribution in [0.15, 0.2) is 6.07 Å². The van der Waals surface area contributed by atoms with E-state index in [0.29, 0.717) is 6.42 Å². The summed E-state index contributed by atoms with van der Waals surface area (Å²) in [6.45, 7) is 5.60. The Morgan fingerprint density at radius 2 is 2.06 bits per heavy atom. The second-order valence-electron chi connectivity index (χ2n) is 3.93. The number of carbonyl (C=O) groups excluding carboxylic acids is 1. The van der Waals surface area contributed by atoms with Crippen LogP contribution in [0.2, 0.25) is 0 Å². The summed E-state index contributed by atoms with van der Waals surface area (Å²) in [5, 5.41) is 11.4. The summed E-state index contributed by atoms with van der Waals surface area (Å²) in [4.78, 5) is 19.9. The van der Waals surface area contributed by atoms with Crippen molar-refractivity contribution in [1.82, 2.24) is 9.97 Å². The van der Waals surface area contributed by atoms with Crippen molar-refractivity contribution in [2.75, 3.05) is 5.32 Å². The molecule has 0 aromatic carbocycles. The smallest absolute Gasteiger partial charge is 0.244 e. The number of aryl methyl sites for hydroxylation is 2. The van der Waals surface area contributed by atoms with E-state index in [2.05, 4.69) is 15.3 Å². The van der Waals surface area contributed by atoms with Gasteiger partial charge in [-0.2, -0.15) is 5.26 Å². The monoisotopic (exact) mass is 232 g/mol. The summed E-state index contributed by atoms with van der Waals surface area (Å²) in [6.07, 6.45) is 1.34. The number of rotatable bonds is 4. The van der Waals surface area contributed by atoms with Crippen molar-refractivity contribution in [3.63, 3.8) is 0 Å². The highest BCUT2D eigenvalue weighted by Crippen LogP contribution is 2.09. The molecule has 1 rings (SSSR count). The quantitative estimate of drug-likeness (QED) is 0.860. The van der Waals surface area contributed by atoms with Gasteiger partial charge in [0.25, 0.3) is 0 Å². The van der Waals surface area contributed by atoms with Crippen LogP contribution in [0, 0.1) is 31.1 Å². The predicted octanol–water partition coefficient (Wildman–Crippen LogP) is 1.97. The summed E-state index contributed by atoms with van der Waals surface area (Å²) in [6, 6.07) is 3.81. The number of nitrogens with zero attached hydrogens (tertiary/aromatic N) is 3. The molecule has 0 saturated heterocycles. The molecule has 0 fully saturated rings.